The lowest BCUT2D eigenvalue weighted by molar-refractivity contribution is 0.153. The van der Waals surface area contributed by atoms with Crippen molar-refractivity contribution in [2.24, 2.45) is 0 Å². The van der Waals surface area contributed by atoms with Crippen LogP contribution in [-0.4, -0.2) is 53.0 Å². The zero-order chi connectivity index (χ0) is 21.1. The third kappa shape index (κ3) is 3.64. The highest BCUT2D eigenvalue weighted by Crippen LogP contribution is 2.32. The second kappa shape index (κ2) is 8.59. The number of aromatic amines is 1. The second-order valence-corrected chi connectivity index (χ2v) is 7.28. The Bertz CT molecular complexity index is 1020. The van der Waals surface area contributed by atoms with Crippen LogP contribution in [0.3, 0.4) is 0 Å². The molecular formula is C23H26N4O3. The highest BCUT2D eigenvalue weighted by Gasteiger charge is 2.35. The van der Waals surface area contributed by atoms with Gasteiger partial charge < -0.3 is 14.7 Å². The number of benzene rings is 2. The Kier molecular flexibility index (Phi) is 5.72. The van der Waals surface area contributed by atoms with Crippen LogP contribution in [0.5, 0.6) is 5.75 Å². The quantitative estimate of drug-likeness (QED) is 0.628. The van der Waals surface area contributed by atoms with Gasteiger partial charge in [-0.1, -0.05) is 25.1 Å². The van der Waals surface area contributed by atoms with Gasteiger partial charge in [0, 0.05) is 30.5 Å². The molecule has 2 amide bonds. The smallest absolute Gasteiger partial charge is 0.325 e. The zero-order valence-electron chi connectivity index (χ0n) is 17.2. The molecule has 2 aromatic carbocycles. The summed E-state index contributed by atoms with van der Waals surface area (Å²) in [5.74, 6) is 0.705. The highest BCUT2D eigenvalue weighted by atomic mass is 16.5. The van der Waals surface area contributed by atoms with Crippen molar-refractivity contribution in [1.82, 2.24) is 15.1 Å². The zero-order valence-corrected chi connectivity index (χ0v) is 17.2. The lowest BCUT2D eigenvalue weighted by Gasteiger charge is -2.27. The number of ether oxygens (including phenoxy) is 1. The molecule has 4 rings (SSSR count). The number of methoxy groups -OCH3 is 1. The Morgan fingerprint density at radius 3 is 2.80 bits per heavy atom. The van der Waals surface area contributed by atoms with E-state index in [4.69, 9.17) is 4.74 Å². The van der Waals surface area contributed by atoms with E-state index in [2.05, 4.69) is 23.2 Å². The first-order valence-electron chi connectivity index (χ1n) is 10.1. The number of anilines is 1. The Morgan fingerprint density at radius 2 is 2.10 bits per heavy atom. The van der Waals surface area contributed by atoms with E-state index in [0.717, 1.165) is 34.4 Å². The first-order valence-corrected chi connectivity index (χ1v) is 10.1. The molecule has 1 saturated heterocycles. The number of carbonyl (C=O) groups excluding carboxylic acids is 1. The van der Waals surface area contributed by atoms with Crippen LogP contribution in [0, 0.1) is 0 Å². The molecule has 2 heterocycles. The van der Waals surface area contributed by atoms with Gasteiger partial charge in [-0.15, -0.1) is 0 Å². The number of aryl methyl sites for hydroxylation is 1. The molecule has 0 bridgehead atoms. The number of H-pyrrole nitrogens is 1. The molecule has 1 unspecified atom stereocenters. The molecule has 156 valence electrons. The average Bonchev–Trinajstić information content (AvgIpc) is 3.45. The molecule has 1 aliphatic rings. The van der Waals surface area contributed by atoms with Gasteiger partial charge in [-0.2, -0.15) is 5.10 Å². The van der Waals surface area contributed by atoms with E-state index in [1.165, 1.54) is 0 Å². The predicted octanol–water partition coefficient (Wildman–Crippen LogP) is 3.62. The number of rotatable bonds is 7. The molecule has 1 atom stereocenters. The van der Waals surface area contributed by atoms with E-state index >= 15 is 0 Å². The number of aromatic nitrogens is 2. The third-order valence-electron chi connectivity index (χ3n) is 5.66. The maximum absolute atomic E-state index is 13.2. The van der Waals surface area contributed by atoms with Crippen LogP contribution >= 0.6 is 0 Å². The predicted molar refractivity (Wildman–Crippen MR) is 116 cm³/mol. The first-order chi connectivity index (χ1) is 14.7. The van der Waals surface area contributed by atoms with Crippen molar-refractivity contribution >= 4 is 11.7 Å². The number of aliphatic hydroxyl groups is 1. The summed E-state index contributed by atoms with van der Waals surface area (Å²) in [5, 5.41) is 16.9. The summed E-state index contributed by atoms with van der Waals surface area (Å²) < 4.78 is 5.29. The van der Waals surface area contributed by atoms with Crippen LogP contribution < -0.4 is 9.64 Å². The number of nitrogens with zero attached hydrogens (tertiary/aromatic N) is 3. The molecule has 7 nitrogen and oxygen atoms in total. The first kappa shape index (κ1) is 20.0. The fourth-order valence-corrected chi connectivity index (χ4v) is 4.04. The third-order valence-corrected chi connectivity index (χ3v) is 5.66. The molecule has 3 aromatic rings. The van der Waals surface area contributed by atoms with E-state index < -0.39 is 6.04 Å². The minimum absolute atomic E-state index is 0.102. The Labute approximate surface area is 175 Å². The van der Waals surface area contributed by atoms with Crippen LogP contribution in [0.15, 0.2) is 54.9 Å². The molecule has 0 spiro atoms. The fraction of sp³-hybridized carbons (Fsp3) is 0.304. The summed E-state index contributed by atoms with van der Waals surface area (Å²) >= 11 is 0. The molecule has 1 aliphatic heterocycles. The molecule has 1 fully saturated rings. The summed E-state index contributed by atoms with van der Waals surface area (Å²) in [5.41, 5.74) is 5.03. The largest absolute Gasteiger partial charge is 0.497 e. The van der Waals surface area contributed by atoms with Crippen LogP contribution in [0.1, 0.15) is 24.1 Å². The van der Waals surface area contributed by atoms with Gasteiger partial charge in [-0.25, -0.2) is 4.79 Å². The van der Waals surface area contributed by atoms with Gasteiger partial charge in [0.25, 0.3) is 0 Å². The summed E-state index contributed by atoms with van der Waals surface area (Å²) in [4.78, 5) is 16.7. The van der Waals surface area contributed by atoms with Crippen molar-refractivity contribution in [3.63, 3.8) is 0 Å². The van der Waals surface area contributed by atoms with E-state index in [0.29, 0.717) is 18.8 Å². The van der Waals surface area contributed by atoms with E-state index in [-0.39, 0.29) is 12.6 Å². The molecule has 0 saturated carbocycles. The van der Waals surface area contributed by atoms with Crippen molar-refractivity contribution in [3.8, 4) is 16.9 Å². The van der Waals surface area contributed by atoms with E-state index in [1.807, 2.05) is 42.6 Å². The molecule has 1 aromatic heterocycles. The number of hydrogen-bond acceptors (Lipinski definition) is 4. The van der Waals surface area contributed by atoms with Gasteiger partial charge in [0.05, 0.1) is 26.0 Å². The number of urea groups is 1. The Hall–Kier alpha value is -3.32. The van der Waals surface area contributed by atoms with Crippen LogP contribution in [0.4, 0.5) is 10.5 Å². The highest BCUT2D eigenvalue weighted by molar-refractivity contribution is 5.95. The van der Waals surface area contributed by atoms with Crippen molar-refractivity contribution in [2.45, 2.75) is 19.4 Å². The monoisotopic (exact) mass is 406 g/mol. The van der Waals surface area contributed by atoms with Gasteiger partial charge >= 0.3 is 6.03 Å². The maximum Gasteiger partial charge on any atom is 0.325 e. The average molecular weight is 406 g/mol. The maximum atomic E-state index is 13.2. The van der Waals surface area contributed by atoms with E-state index in [9.17, 15) is 9.90 Å². The standard InChI is InChI=1S/C23H26N4O3/c1-3-16-11-19(7-8-21(16)18-13-24-25-14-18)26-9-10-27(23(26)29)22(15-28)17-5-4-6-20(12-17)30-2/h4-8,11-14,22,28H,3,9-10,15H2,1-2H3,(H,24,25). The van der Waals surface area contributed by atoms with Crippen LogP contribution in [0.2, 0.25) is 0 Å². The van der Waals surface area contributed by atoms with E-state index in [1.54, 1.807) is 23.1 Å². The SMILES string of the molecule is CCc1cc(N2CCN(C(CO)c3cccc(OC)c3)C2=O)ccc1-c1cn[nH]c1. The molecule has 30 heavy (non-hydrogen) atoms. The van der Waals surface area contributed by atoms with Gasteiger partial charge in [-0.05, 0) is 47.4 Å². The van der Waals surface area contributed by atoms with Crippen LogP contribution in [-0.2, 0) is 6.42 Å². The molecule has 0 radical (unpaired) electrons. The molecule has 0 aliphatic carbocycles. The summed E-state index contributed by atoms with van der Waals surface area (Å²) in [6.45, 7) is 3.08. The van der Waals surface area contributed by atoms with Crippen LogP contribution in [0.25, 0.3) is 11.1 Å². The number of nitrogens with one attached hydrogen (secondary N) is 1. The fourth-order valence-electron chi connectivity index (χ4n) is 4.04. The second-order valence-electron chi connectivity index (χ2n) is 7.28. The van der Waals surface area contributed by atoms with Crippen molar-refractivity contribution < 1.29 is 14.6 Å². The minimum atomic E-state index is -0.409. The summed E-state index contributed by atoms with van der Waals surface area (Å²) in [6.07, 6.45) is 4.52. The van der Waals surface area contributed by atoms with Crippen molar-refractivity contribution in [2.75, 3.05) is 31.7 Å². The van der Waals surface area contributed by atoms with Gasteiger partial charge in [-0.3, -0.25) is 10.00 Å². The number of aliphatic hydroxyl groups excluding tert-OH is 1. The Morgan fingerprint density at radius 1 is 1.23 bits per heavy atom. The molecule has 7 heteroatoms. The molecular weight excluding hydrogens is 380 g/mol. The lowest BCUT2D eigenvalue weighted by Crippen LogP contribution is -2.36. The van der Waals surface area contributed by atoms with Gasteiger partial charge in [0.2, 0.25) is 0 Å². The van der Waals surface area contributed by atoms with Gasteiger partial charge in [0.1, 0.15) is 5.75 Å². The van der Waals surface area contributed by atoms with Crippen molar-refractivity contribution in [3.05, 3.63) is 66.0 Å². The lowest BCUT2D eigenvalue weighted by atomic mass is 9.99. The Balaban J connectivity index is 1.59. The molecule has 2 N–H and O–H groups in total. The number of hydrogen-bond donors (Lipinski definition) is 2. The number of amides is 2. The van der Waals surface area contributed by atoms with Crippen molar-refractivity contribution in [1.29, 1.82) is 0 Å². The minimum Gasteiger partial charge on any atom is -0.497 e. The summed E-state index contributed by atoms with van der Waals surface area (Å²) in [7, 11) is 1.61. The van der Waals surface area contributed by atoms with Gasteiger partial charge in [0.15, 0.2) is 0 Å². The normalized spacial score (nSPS) is 15.0. The number of carbonyl (C=O) groups is 1. The topological polar surface area (TPSA) is 81.7 Å². The summed E-state index contributed by atoms with van der Waals surface area (Å²) in [6, 6.07) is 13.1.